The predicted octanol–water partition coefficient (Wildman–Crippen LogP) is 3.23. The van der Waals surface area contributed by atoms with Gasteiger partial charge in [-0.05, 0) is 34.4 Å². The van der Waals surface area contributed by atoms with E-state index in [4.69, 9.17) is 16.3 Å². The van der Waals surface area contributed by atoms with Gasteiger partial charge in [-0.25, -0.2) is 13.2 Å². The molecule has 10 heteroatoms. The first kappa shape index (κ1) is 23.3. The average molecular weight is 481 g/mol. The Balaban J connectivity index is 1.92. The van der Waals surface area contributed by atoms with E-state index >= 15 is 0 Å². The molecule has 0 unspecified atom stereocenters. The van der Waals surface area contributed by atoms with Crippen molar-refractivity contribution in [2.75, 3.05) is 0 Å². The van der Waals surface area contributed by atoms with Crippen molar-refractivity contribution in [1.29, 1.82) is 0 Å². The minimum absolute atomic E-state index is 0.0208. The van der Waals surface area contributed by atoms with Gasteiger partial charge in [-0.2, -0.15) is 0 Å². The highest BCUT2D eigenvalue weighted by molar-refractivity contribution is 8.70. The van der Waals surface area contributed by atoms with E-state index in [-0.39, 0.29) is 16.4 Å². The Bertz CT molecular complexity index is 1040. The molecule has 0 aliphatic carbocycles. The number of likely N-dealkylation sites (tertiary alicyclic amines) is 1. The van der Waals surface area contributed by atoms with Crippen LogP contribution >= 0.6 is 22.4 Å². The zero-order valence-corrected chi connectivity index (χ0v) is 18.8. The minimum atomic E-state index is -4.76. The van der Waals surface area contributed by atoms with E-state index in [1.807, 2.05) is 12.1 Å². The number of β-lactam (4-membered cyclic amide) rings is 1. The monoisotopic (exact) mass is 480 g/mol. The number of alkyl halides is 1. The smallest absolute Gasteiger partial charge is 0.334 e. The van der Waals surface area contributed by atoms with Crippen LogP contribution in [0.2, 0.25) is 0 Å². The number of hydrogen-bond acceptors (Lipinski definition) is 7. The molecule has 1 amide bonds. The van der Waals surface area contributed by atoms with Crippen LogP contribution in [0.15, 0.2) is 72.8 Å². The van der Waals surface area contributed by atoms with Crippen molar-refractivity contribution in [2.45, 2.75) is 29.8 Å². The molecule has 1 fully saturated rings. The molecule has 0 spiro atoms. The topological polar surface area (TPSA) is 104 Å². The highest BCUT2D eigenvalue weighted by Crippen LogP contribution is 2.40. The van der Waals surface area contributed by atoms with Gasteiger partial charge in [-0.1, -0.05) is 67.2 Å². The Morgan fingerprint density at radius 3 is 2.03 bits per heavy atom. The maximum absolute atomic E-state index is 13.2. The highest BCUT2D eigenvalue weighted by atomic mass is 35.5. The average Bonchev–Trinajstić information content (AvgIpc) is 2.74. The van der Waals surface area contributed by atoms with Crippen LogP contribution in [0.4, 0.5) is 0 Å². The van der Waals surface area contributed by atoms with Gasteiger partial charge < -0.3 is 14.2 Å². The molecule has 1 aliphatic rings. The molecule has 7 nitrogen and oxygen atoms in total. The van der Waals surface area contributed by atoms with Crippen LogP contribution in [-0.4, -0.2) is 46.5 Å². The van der Waals surface area contributed by atoms with Gasteiger partial charge in [0.25, 0.3) is 0 Å². The lowest BCUT2D eigenvalue weighted by atomic mass is 10.00. The number of carbonyl (C=O) groups excluding carboxylic acids is 2. The van der Waals surface area contributed by atoms with E-state index < -0.39 is 43.9 Å². The van der Waals surface area contributed by atoms with Gasteiger partial charge in [0.2, 0.25) is 5.91 Å². The number of esters is 1. The zero-order valence-electron chi connectivity index (χ0n) is 16.4. The van der Waals surface area contributed by atoms with Crippen molar-refractivity contribution in [3.63, 3.8) is 0 Å². The maximum Gasteiger partial charge on any atom is 0.334 e. The van der Waals surface area contributed by atoms with Crippen LogP contribution in [-0.2, 0) is 23.5 Å². The number of hydrogen-bond donors (Lipinski definition) is 0. The van der Waals surface area contributed by atoms with Gasteiger partial charge >= 0.3 is 5.97 Å². The second-order valence-corrected chi connectivity index (χ2v) is 10.7. The summed E-state index contributed by atoms with van der Waals surface area (Å²) in [5.74, 6) is -1.49. The standard InChI is InChI=1S/C21H20ClNO6S2/c1-13(2)17(23-19(24)16(22)20(23)30-31(26,27)28)21(25)29-18(14-9-5-3-6-10-14)15-11-7-4-8-12-15/h3-12,16-18,20H,1H2,2H3,(H,26,27,28)/p-1/t16-,17+,20+/m0/s1. The lowest BCUT2D eigenvalue weighted by Crippen LogP contribution is -2.66. The van der Waals surface area contributed by atoms with Gasteiger partial charge in [0.05, 0.1) is 0 Å². The Kier molecular flexibility index (Phi) is 7.10. The second-order valence-electron chi connectivity index (χ2n) is 6.93. The fourth-order valence-corrected chi connectivity index (χ4v) is 5.94. The number of halogens is 1. The summed E-state index contributed by atoms with van der Waals surface area (Å²) in [7, 11) is -4.78. The number of benzene rings is 2. The third kappa shape index (κ3) is 5.30. The van der Waals surface area contributed by atoms with Crippen molar-refractivity contribution in [1.82, 2.24) is 4.90 Å². The first-order valence-electron chi connectivity index (χ1n) is 9.16. The highest BCUT2D eigenvalue weighted by Gasteiger charge is 2.53. The van der Waals surface area contributed by atoms with Gasteiger partial charge in [0.15, 0.2) is 21.3 Å². The summed E-state index contributed by atoms with van der Waals surface area (Å²) in [4.78, 5) is 26.5. The largest absolute Gasteiger partial charge is 0.739 e. The molecule has 0 N–H and O–H groups in total. The lowest BCUT2D eigenvalue weighted by molar-refractivity contribution is -0.161. The van der Waals surface area contributed by atoms with Crippen LogP contribution in [0.3, 0.4) is 0 Å². The van der Waals surface area contributed by atoms with Crippen molar-refractivity contribution >= 4 is 43.4 Å². The van der Waals surface area contributed by atoms with Crippen molar-refractivity contribution in [2.24, 2.45) is 0 Å². The molecule has 31 heavy (non-hydrogen) atoms. The van der Waals surface area contributed by atoms with E-state index in [1.54, 1.807) is 48.5 Å². The number of rotatable bonds is 8. The molecule has 1 aliphatic heterocycles. The van der Waals surface area contributed by atoms with Crippen LogP contribution in [0, 0.1) is 0 Å². The number of carbonyl (C=O) groups is 2. The van der Waals surface area contributed by atoms with Crippen LogP contribution in [0.5, 0.6) is 0 Å². The summed E-state index contributed by atoms with van der Waals surface area (Å²) in [6.45, 7) is 5.26. The predicted molar refractivity (Wildman–Crippen MR) is 117 cm³/mol. The quantitative estimate of drug-likeness (QED) is 0.143. The summed E-state index contributed by atoms with van der Waals surface area (Å²) < 4.78 is 39.4. The normalized spacial score (nSPS) is 19.6. The SMILES string of the molecule is C=C(C)[C@H](C(=O)OC(c1ccccc1)c1ccccc1)N1C(=O)[C@H](Cl)[C@H]1SS(=O)(=O)[O-]. The molecule has 0 bridgehead atoms. The van der Waals surface area contributed by atoms with Gasteiger partial charge in [0, 0.05) is 0 Å². The first-order valence-corrected chi connectivity index (χ1v) is 12.4. The van der Waals surface area contributed by atoms with Crippen molar-refractivity contribution in [3.05, 3.63) is 83.9 Å². The van der Waals surface area contributed by atoms with Gasteiger partial charge in [-0.15, -0.1) is 11.6 Å². The number of nitrogens with zero attached hydrogens (tertiary/aromatic N) is 1. The fourth-order valence-electron chi connectivity index (χ4n) is 3.26. The molecule has 2 aromatic rings. The van der Waals surface area contributed by atoms with Gasteiger partial charge in [0.1, 0.15) is 10.8 Å². The molecule has 0 radical (unpaired) electrons. The summed E-state index contributed by atoms with van der Waals surface area (Å²) in [5.41, 5.74) is 1.66. The van der Waals surface area contributed by atoms with Crippen molar-refractivity contribution in [3.8, 4) is 0 Å². The van der Waals surface area contributed by atoms with Crippen LogP contribution < -0.4 is 0 Å². The molecule has 164 valence electrons. The van der Waals surface area contributed by atoms with Gasteiger partial charge in [-0.3, -0.25) is 4.79 Å². The molecule has 3 rings (SSSR count). The van der Waals surface area contributed by atoms with Crippen molar-refractivity contribution < 1.29 is 27.3 Å². The molecule has 2 aromatic carbocycles. The third-order valence-corrected chi connectivity index (χ3v) is 7.44. The summed E-state index contributed by atoms with van der Waals surface area (Å²) >= 11 is 5.92. The van der Waals surface area contributed by atoms with E-state index in [2.05, 4.69) is 6.58 Å². The molecule has 0 saturated carbocycles. The third-order valence-electron chi connectivity index (χ3n) is 4.64. The molecule has 3 atom stereocenters. The maximum atomic E-state index is 13.2. The van der Waals surface area contributed by atoms with E-state index in [0.717, 1.165) is 4.90 Å². The number of amides is 1. The molecule has 0 aromatic heterocycles. The second kappa shape index (κ2) is 9.44. The summed E-state index contributed by atoms with van der Waals surface area (Å²) in [5, 5.41) is -2.47. The summed E-state index contributed by atoms with van der Waals surface area (Å²) in [6.07, 6.45) is -0.769. The Labute approximate surface area is 189 Å². The number of ether oxygens (including phenoxy) is 1. The zero-order chi connectivity index (χ0) is 22.8. The molecular formula is C21H19ClNO6S2-. The Hall–Kier alpha value is -2.33. The molecule has 1 saturated heterocycles. The van der Waals surface area contributed by atoms with E-state index in [1.165, 1.54) is 6.92 Å². The first-order chi connectivity index (χ1) is 14.6. The fraction of sp³-hybridized carbons (Fsp3) is 0.238. The Morgan fingerprint density at radius 2 is 1.61 bits per heavy atom. The van der Waals surface area contributed by atoms with E-state index in [0.29, 0.717) is 11.1 Å². The lowest BCUT2D eigenvalue weighted by Gasteiger charge is -2.47. The molecular weight excluding hydrogens is 462 g/mol. The minimum Gasteiger partial charge on any atom is -0.739 e. The Morgan fingerprint density at radius 1 is 1.13 bits per heavy atom. The summed E-state index contributed by atoms with van der Waals surface area (Å²) in [6, 6.07) is 16.8. The molecule has 1 heterocycles. The van der Waals surface area contributed by atoms with E-state index in [9.17, 15) is 22.6 Å². The van der Waals surface area contributed by atoms with Crippen LogP contribution in [0.25, 0.3) is 0 Å². The van der Waals surface area contributed by atoms with Crippen LogP contribution in [0.1, 0.15) is 24.2 Å².